The van der Waals surface area contributed by atoms with E-state index in [1.807, 2.05) is 0 Å². The van der Waals surface area contributed by atoms with Gasteiger partial charge < -0.3 is 0 Å². The third-order valence-electron chi connectivity index (χ3n) is 0.655. The Morgan fingerprint density at radius 1 is 1.00 bits per heavy atom. The Kier molecular flexibility index (Phi) is 7.90. The van der Waals surface area contributed by atoms with Gasteiger partial charge in [0, 0.05) is 0 Å². The number of hydrogen-bond donors (Lipinski definition) is 0. The molecule has 0 aromatic carbocycles. The van der Waals surface area contributed by atoms with Crippen LogP contribution in [0.25, 0.3) is 0 Å². The van der Waals surface area contributed by atoms with Crippen LogP contribution in [0.3, 0.4) is 0 Å². The fraction of sp³-hybridized carbons (Fsp3) is 0.200. The molecule has 4 heteroatoms. The van der Waals surface area contributed by atoms with Crippen LogP contribution in [0.4, 0.5) is 0 Å². The summed E-state index contributed by atoms with van der Waals surface area (Å²) < 4.78 is 0. The van der Waals surface area contributed by atoms with Crippen LogP contribution in [-0.4, -0.2) is 0 Å². The molecule has 9 heavy (non-hydrogen) atoms. The third kappa shape index (κ3) is 12.2. The first-order chi connectivity index (χ1) is 4.23. The second-order valence-electron chi connectivity index (χ2n) is 1.23. The van der Waals surface area contributed by atoms with Gasteiger partial charge in [0.1, 0.15) is 0 Å². The predicted molar refractivity (Wildman–Crippen MR) is 40.5 cm³/mol. The van der Waals surface area contributed by atoms with Gasteiger partial charge in [0.15, 0.2) is 0 Å². The van der Waals surface area contributed by atoms with Crippen LogP contribution in [0, 0.1) is 0 Å². The van der Waals surface area contributed by atoms with E-state index >= 15 is 0 Å². The van der Waals surface area contributed by atoms with Gasteiger partial charge in [-0.1, -0.05) is 24.3 Å². The van der Waals surface area contributed by atoms with E-state index in [4.69, 9.17) is 28.8 Å². The molecule has 0 atom stereocenters. The normalized spacial score (nSPS) is 14.8. The van der Waals surface area contributed by atoms with E-state index in [1.165, 1.54) is 0 Å². The topological polar surface area (TPSA) is 0 Å². The van der Waals surface area contributed by atoms with Gasteiger partial charge in [0.25, 0.3) is 0 Å². The second kappa shape index (κ2) is 7.11. The molecular formula is C5H6Cl3Ir. The summed E-state index contributed by atoms with van der Waals surface area (Å²) in [6.07, 6.45) is 9.50. The summed E-state index contributed by atoms with van der Waals surface area (Å²) in [6.45, 7) is 0. The average molecular weight is 365 g/mol. The van der Waals surface area contributed by atoms with E-state index in [-0.39, 0.29) is 0 Å². The van der Waals surface area contributed by atoms with Crippen molar-refractivity contribution in [1.82, 2.24) is 0 Å². The SMILES string of the molecule is C1=CCC=C1.[Cl][Ir]([Cl])[Cl]. The number of rotatable bonds is 0. The Labute approximate surface area is 72.6 Å². The zero-order chi connectivity index (χ0) is 7.11. The van der Waals surface area contributed by atoms with Gasteiger partial charge in [-0.25, -0.2) is 0 Å². The quantitative estimate of drug-likeness (QED) is 0.616. The predicted octanol–water partition coefficient (Wildman–Crippen LogP) is 3.57. The molecule has 1 aliphatic carbocycles. The Hall–Kier alpha value is 0.999. The van der Waals surface area contributed by atoms with Gasteiger partial charge in [-0.05, 0) is 6.42 Å². The van der Waals surface area contributed by atoms with Crippen molar-refractivity contribution >= 4 is 28.8 Å². The van der Waals surface area contributed by atoms with Crippen LogP contribution in [0.15, 0.2) is 24.3 Å². The molecule has 0 N–H and O–H groups in total. The molecule has 0 nitrogen and oxygen atoms in total. The molecule has 0 spiro atoms. The molecule has 0 amide bonds. The monoisotopic (exact) mass is 364 g/mol. The van der Waals surface area contributed by atoms with Gasteiger partial charge in [0.05, 0.1) is 0 Å². The van der Waals surface area contributed by atoms with Crippen molar-refractivity contribution in [1.29, 1.82) is 0 Å². The summed E-state index contributed by atoms with van der Waals surface area (Å²) in [7, 11) is 14.9. The Bertz CT molecular complexity index is 96.0. The van der Waals surface area contributed by atoms with Crippen LogP contribution in [0.1, 0.15) is 6.42 Å². The van der Waals surface area contributed by atoms with Gasteiger partial charge in [-0.15, -0.1) is 0 Å². The first-order valence-corrected chi connectivity index (χ1v) is 11.1. The molecule has 0 radical (unpaired) electrons. The fourth-order valence-electron chi connectivity index (χ4n) is 0.393. The molecule has 0 saturated carbocycles. The van der Waals surface area contributed by atoms with E-state index < -0.39 is 13.5 Å². The molecule has 1 aliphatic rings. The van der Waals surface area contributed by atoms with E-state index in [2.05, 4.69) is 24.3 Å². The standard InChI is InChI=1S/C5H6.3ClH.Ir/c1-2-4-5-3-1;;;;/h1-4H,5H2;3*1H;/q;;;;+3/p-3. The van der Waals surface area contributed by atoms with Crippen LogP contribution >= 0.6 is 28.8 Å². The van der Waals surface area contributed by atoms with Gasteiger partial charge in [-0.2, -0.15) is 0 Å². The van der Waals surface area contributed by atoms with Crippen molar-refractivity contribution < 1.29 is 13.5 Å². The maximum atomic E-state index is 4.97. The molecule has 0 aromatic heterocycles. The van der Waals surface area contributed by atoms with E-state index in [0.717, 1.165) is 6.42 Å². The first kappa shape index (κ1) is 10.00. The summed E-state index contributed by atoms with van der Waals surface area (Å²) in [5.74, 6) is 0. The molecule has 0 aromatic rings. The number of halogens is 3. The molecule has 0 bridgehead atoms. The average Bonchev–Trinajstić information content (AvgIpc) is 2.11. The van der Waals surface area contributed by atoms with Crippen LogP contribution in [0.2, 0.25) is 0 Å². The molecule has 0 aliphatic heterocycles. The Balaban J connectivity index is 0.000000148. The van der Waals surface area contributed by atoms with E-state index in [1.54, 1.807) is 0 Å². The Morgan fingerprint density at radius 2 is 1.33 bits per heavy atom. The molecule has 0 heterocycles. The molecule has 56 valence electrons. The van der Waals surface area contributed by atoms with Crippen molar-refractivity contribution in [2.75, 3.05) is 0 Å². The second-order valence-corrected chi connectivity index (χ2v) is 11.6. The molecule has 0 saturated heterocycles. The van der Waals surface area contributed by atoms with Crippen molar-refractivity contribution in [2.24, 2.45) is 0 Å². The summed E-state index contributed by atoms with van der Waals surface area (Å²) in [5.41, 5.74) is 0. The van der Waals surface area contributed by atoms with Crippen LogP contribution in [-0.2, 0) is 13.5 Å². The van der Waals surface area contributed by atoms with Crippen LogP contribution in [0.5, 0.6) is 0 Å². The Morgan fingerprint density at radius 3 is 1.44 bits per heavy atom. The molecular weight excluding hydrogens is 359 g/mol. The van der Waals surface area contributed by atoms with Crippen molar-refractivity contribution in [3.63, 3.8) is 0 Å². The summed E-state index contributed by atoms with van der Waals surface area (Å²) >= 11 is -1.92. The zero-order valence-electron chi connectivity index (χ0n) is 4.48. The van der Waals surface area contributed by atoms with Crippen molar-refractivity contribution in [2.45, 2.75) is 6.42 Å². The van der Waals surface area contributed by atoms with Crippen LogP contribution < -0.4 is 0 Å². The summed E-state index contributed by atoms with van der Waals surface area (Å²) in [4.78, 5) is 0. The zero-order valence-corrected chi connectivity index (χ0v) is 9.15. The van der Waals surface area contributed by atoms with Gasteiger partial charge >= 0.3 is 42.2 Å². The van der Waals surface area contributed by atoms with Crippen molar-refractivity contribution in [3.05, 3.63) is 24.3 Å². The van der Waals surface area contributed by atoms with Gasteiger partial charge in [0.2, 0.25) is 0 Å². The van der Waals surface area contributed by atoms with Crippen molar-refractivity contribution in [3.8, 4) is 0 Å². The number of allylic oxidation sites excluding steroid dienone is 4. The summed E-state index contributed by atoms with van der Waals surface area (Å²) in [6, 6.07) is 0. The number of hydrogen-bond acceptors (Lipinski definition) is 0. The maximum absolute atomic E-state index is 4.97. The van der Waals surface area contributed by atoms with E-state index in [0.29, 0.717) is 0 Å². The molecule has 0 unspecified atom stereocenters. The third-order valence-corrected chi connectivity index (χ3v) is 0.655. The fourth-order valence-corrected chi connectivity index (χ4v) is 0.393. The summed E-state index contributed by atoms with van der Waals surface area (Å²) in [5, 5.41) is 0. The van der Waals surface area contributed by atoms with E-state index in [9.17, 15) is 0 Å². The minimum atomic E-state index is -1.92. The first-order valence-electron chi connectivity index (χ1n) is 2.19. The molecule has 1 rings (SSSR count). The minimum absolute atomic E-state index is 1.14. The molecule has 0 fully saturated rings. The van der Waals surface area contributed by atoms with Gasteiger partial charge in [-0.3, -0.25) is 0 Å².